The lowest BCUT2D eigenvalue weighted by atomic mass is 10.1. The van der Waals surface area contributed by atoms with Gasteiger partial charge in [-0.3, -0.25) is 0 Å². The Morgan fingerprint density at radius 1 is 1.32 bits per heavy atom. The molecule has 4 heteroatoms. The molecule has 0 saturated carbocycles. The summed E-state index contributed by atoms with van der Waals surface area (Å²) >= 11 is 3.48. The van der Waals surface area contributed by atoms with Crippen molar-refractivity contribution in [3.63, 3.8) is 0 Å². The van der Waals surface area contributed by atoms with E-state index >= 15 is 0 Å². The third kappa shape index (κ3) is 3.39. The minimum Gasteiger partial charge on any atom is -0.496 e. The van der Waals surface area contributed by atoms with Gasteiger partial charge in [-0.05, 0) is 40.2 Å². The summed E-state index contributed by atoms with van der Waals surface area (Å²) in [5, 5.41) is 3.40. The van der Waals surface area contributed by atoms with Crippen LogP contribution in [0.3, 0.4) is 0 Å². The summed E-state index contributed by atoms with van der Waals surface area (Å²) in [7, 11) is 1.69. The maximum absolute atomic E-state index is 5.50. The minimum atomic E-state index is 0.434. The SMILES string of the molecule is COc1ccc(-c2occc2Br)cc1CNC(C)C. The number of halogens is 1. The van der Waals surface area contributed by atoms with Gasteiger partial charge in [0.1, 0.15) is 11.5 Å². The molecule has 2 aromatic rings. The van der Waals surface area contributed by atoms with Crippen LogP contribution in [0.1, 0.15) is 19.4 Å². The van der Waals surface area contributed by atoms with Gasteiger partial charge >= 0.3 is 0 Å². The Balaban J connectivity index is 2.32. The first-order chi connectivity index (χ1) is 9.11. The first-order valence-corrected chi connectivity index (χ1v) is 7.04. The second-order valence-corrected chi connectivity index (χ2v) is 5.51. The predicted molar refractivity (Wildman–Crippen MR) is 80.4 cm³/mol. The highest BCUT2D eigenvalue weighted by Crippen LogP contribution is 2.32. The second-order valence-electron chi connectivity index (χ2n) is 4.66. The van der Waals surface area contributed by atoms with Gasteiger partial charge in [-0.1, -0.05) is 13.8 Å². The monoisotopic (exact) mass is 323 g/mol. The Hall–Kier alpha value is -1.26. The molecule has 1 aromatic heterocycles. The topological polar surface area (TPSA) is 34.4 Å². The van der Waals surface area contributed by atoms with Gasteiger partial charge in [0.25, 0.3) is 0 Å². The molecule has 0 spiro atoms. The maximum Gasteiger partial charge on any atom is 0.148 e. The van der Waals surface area contributed by atoms with Crippen LogP contribution >= 0.6 is 15.9 Å². The zero-order chi connectivity index (χ0) is 13.8. The lowest BCUT2D eigenvalue weighted by molar-refractivity contribution is 0.406. The molecule has 0 bridgehead atoms. The number of furan rings is 1. The van der Waals surface area contributed by atoms with Crippen molar-refractivity contribution in [3.8, 4) is 17.1 Å². The second kappa shape index (κ2) is 6.26. The molecule has 19 heavy (non-hydrogen) atoms. The van der Waals surface area contributed by atoms with Crippen molar-refractivity contribution in [2.45, 2.75) is 26.4 Å². The fourth-order valence-electron chi connectivity index (χ4n) is 1.87. The molecule has 2 rings (SSSR count). The van der Waals surface area contributed by atoms with Crippen LogP contribution in [0.4, 0.5) is 0 Å². The van der Waals surface area contributed by atoms with Gasteiger partial charge in [0.2, 0.25) is 0 Å². The highest BCUT2D eigenvalue weighted by atomic mass is 79.9. The first kappa shape index (κ1) is 14.2. The summed E-state index contributed by atoms with van der Waals surface area (Å²) < 4.78 is 11.9. The van der Waals surface area contributed by atoms with E-state index in [1.54, 1.807) is 13.4 Å². The van der Waals surface area contributed by atoms with Gasteiger partial charge in [-0.2, -0.15) is 0 Å². The molecule has 3 nitrogen and oxygen atoms in total. The third-order valence-corrected chi connectivity index (χ3v) is 3.48. The molecule has 0 aliphatic heterocycles. The van der Waals surface area contributed by atoms with Crippen molar-refractivity contribution in [3.05, 3.63) is 40.6 Å². The molecule has 0 amide bonds. The average Bonchev–Trinajstić information content (AvgIpc) is 2.82. The normalized spacial score (nSPS) is 11.0. The van der Waals surface area contributed by atoms with E-state index in [0.717, 1.165) is 33.7 Å². The van der Waals surface area contributed by atoms with Gasteiger partial charge in [0.05, 0.1) is 17.8 Å². The number of rotatable bonds is 5. The summed E-state index contributed by atoms with van der Waals surface area (Å²) in [6.07, 6.45) is 1.68. The molecule has 0 aliphatic carbocycles. The summed E-state index contributed by atoms with van der Waals surface area (Å²) in [5.41, 5.74) is 2.16. The van der Waals surface area contributed by atoms with Crippen LogP contribution in [-0.4, -0.2) is 13.2 Å². The fraction of sp³-hybridized carbons (Fsp3) is 0.333. The van der Waals surface area contributed by atoms with Crippen molar-refractivity contribution in [1.82, 2.24) is 5.32 Å². The Labute approximate surface area is 122 Å². The molecular weight excluding hydrogens is 306 g/mol. The Kier molecular flexibility index (Phi) is 4.66. The van der Waals surface area contributed by atoms with Crippen LogP contribution in [0.15, 0.2) is 39.4 Å². The largest absolute Gasteiger partial charge is 0.496 e. The lowest BCUT2D eigenvalue weighted by Gasteiger charge is -2.13. The van der Waals surface area contributed by atoms with Crippen molar-refractivity contribution < 1.29 is 9.15 Å². The van der Waals surface area contributed by atoms with E-state index in [0.29, 0.717) is 6.04 Å². The van der Waals surface area contributed by atoms with Gasteiger partial charge in [0, 0.05) is 23.7 Å². The molecule has 1 N–H and O–H groups in total. The van der Waals surface area contributed by atoms with Crippen LogP contribution in [0, 0.1) is 0 Å². The Morgan fingerprint density at radius 2 is 2.11 bits per heavy atom. The molecule has 0 atom stereocenters. The highest BCUT2D eigenvalue weighted by molar-refractivity contribution is 9.10. The molecule has 0 saturated heterocycles. The van der Waals surface area contributed by atoms with Crippen molar-refractivity contribution >= 4 is 15.9 Å². The number of methoxy groups -OCH3 is 1. The van der Waals surface area contributed by atoms with Crippen molar-refractivity contribution in [2.24, 2.45) is 0 Å². The Morgan fingerprint density at radius 3 is 2.68 bits per heavy atom. The average molecular weight is 324 g/mol. The van der Waals surface area contributed by atoms with Crippen molar-refractivity contribution in [1.29, 1.82) is 0 Å². The summed E-state index contributed by atoms with van der Waals surface area (Å²) in [6, 6.07) is 8.40. The van der Waals surface area contributed by atoms with Crippen LogP contribution in [-0.2, 0) is 6.54 Å². The van der Waals surface area contributed by atoms with E-state index in [1.165, 1.54) is 0 Å². The van der Waals surface area contributed by atoms with Crippen LogP contribution < -0.4 is 10.1 Å². The van der Waals surface area contributed by atoms with Crippen LogP contribution in [0.2, 0.25) is 0 Å². The van der Waals surface area contributed by atoms with Crippen LogP contribution in [0.5, 0.6) is 5.75 Å². The summed E-state index contributed by atoms with van der Waals surface area (Å²) in [6.45, 7) is 5.02. The van der Waals surface area contributed by atoms with E-state index in [1.807, 2.05) is 18.2 Å². The molecule has 0 aliphatic rings. The zero-order valence-corrected chi connectivity index (χ0v) is 13.0. The molecular formula is C15H18BrNO2. The minimum absolute atomic E-state index is 0.434. The number of benzene rings is 1. The van der Waals surface area contributed by atoms with Gasteiger partial charge in [-0.15, -0.1) is 0 Å². The van der Waals surface area contributed by atoms with E-state index < -0.39 is 0 Å². The van der Waals surface area contributed by atoms with E-state index in [-0.39, 0.29) is 0 Å². The summed E-state index contributed by atoms with van der Waals surface area (Å²) in [5.74, 6) is 1.73. The van der Waals surface area contributed by atoms with Gasteiger partial charge < -0.3 is 14.5 Å². The smallest absolute Gasteiger partial charge is 0.148 e. The van der Waals surface area contributed by atoms with E-state index in [2.05, 4.69) is 41.2 Å². The number of hydrogen-bond donors (Lipinski definition) is 1. The lowest BCUT2D eigenvalue weighted by Crippen LogP contribution is -2.22. The Bertz CT molecular complexity index is 549. The standard InChI is InChI=1S/C15H18BrNO2/c1-10(2)17-9-12-8-11(4-5-14(12)18-3)15-13(16)6-7-19-15/h4-8,10,17H,9H2,1-3H3. The van der Waals surface area contributed by atoms with Crippen molar-refractivity contribution in [2.75, 3.05) is 7.11 Å². The predicted octanol–water partition coefficient (Wildman–Crippen LogP) is 4.22. The molecule has 0 fully saturated rings. The van der Waals surface area contributed by atoms with Gasteiger partial charge in [0.15, 0.2) is 0 Å². The number of nitrogens with one attached hydrogen (secondary N) is 1. The summed E-state index contributed by atoms with van der Waals surface area (Å²) in [4.78, 5) is 0. The molecule has 1 aromatic carbocycles. The quantitative estimate of drug-likeness (QED) is 0.894. The molecule has 0 radical (unpaired) electrons. The first-order valence-electron chi connectivity index (χ1n) is 6.25. The third-order valence-electron chi connectivity index (χ3n) is 2.86. The molecule has 0 unspecified atom stereocenters. The van der Waals surface area contributed by atoms with Gasteiger partial charge in [-0.25, -0.2) is 0 Å². The van der Waals surface area contributed by atoms with E-state index in [9.17, 15) is 0 Å². The highest BCUT2D eigenvalue weighted by Gasteiger charge is 2.10. The molecule has 1 heterocycles. The number of ether oxygens (including phenoxy) is 1. The number of hydrogen-bond acceptors (Lipinski definition) is 3. The van der Waals surface area contributed by atoms with Crippen LogP contribution in [0.25, 0.3) is 11.3 Å². The van der Waals surface area contributed by atoms with E-state index in [4.69, 9.17) is 9.15 Å². The zero-order valence-electron chi connectivity index (χ0n) is 11.4. The molecule has 102 valence electrons. The fourth-order valence-corrected chi connectivity index (χ4v) is 2.30. The maximum atomic E-state index is 5.50.